The van der Waals surface area contributed by atoms with Crippen LogP contribution in [-0.2, 0) is 20.4 Å². The zero-order chi connectivity index (χ0) is 10.4. The third-order valence-electron chi connectivity index (χ3n) is 1.41. The van der Waals surface area contributed by atoms with E-state index in [9.17, 15) is 13.8 Å². The molecule has 1 unspecified atom stereocenters. The van der Waals surface area contributed by atoms with Crippen LogP contribution in [0.25, 0.3) is 0 Å². The van der Waals surface area contributed by atoms with Gasteiger partial charge in [0.05, 0.1) is 0 Å². The van der Waals surface area contributed by atoms with E-state index in [0.717, 1.165) is 0 Å². The van der Waals surface area contributed by atoms with Gasteiger partial charge in [0.2, 0.25) is 11.8 Å². The van der Waals surface area contributed by atoms with Gasteiger partial charge < -0.3 is 11.1 Å². The van der Waals surface area contributed by atoms with Crippen LogP contribution in [0.2, 0.25) is 0 Å². The Bertz CT molecular complexity index is 230. The Morgan fingerprint density at radius 3 is 2.38 bits per heavy atom. The lowest BCUT2D eigenvalue weighted by molar-refractivity contribution is -0.126. The van der Waals surface area contributed by atoms with Crippen LogP contribution < -0.4 is 11.1 Å². The van der Waals surface area contributed by atoms with Crippen LogP contribution in [0.15, 0.2) is 0 Å². The van der Waals surface area contributed by atoms with Gasteiger partial charge in [-0.1, -0.05) is 0 Å². The van der Waals surface area contributed by atoms with Crippen molar-refractivity contribution in [3.8, 4) is 0 Å². The Kier molecular flexibility index (Phi) is 5.29. The average molecular weight is 206 g/mol. The van der Waals surface area contributed by atoms with Gasteiger partial charge in [-0.25, -0.2) is 0 Å². The molecule has 76 valence electrons. The van der Waals surface area contributed by atoms with E-state index in [-0.39, 0.29) is 5.91 Å². The van der Waals surface area contributed by atoms with E-state index in [1.54, 1.807) is 0 Å². The van der Waals surface area contributed by atoms with Crippen LogP contribution in [0.1, 0.15) is 13.3 Å². The maximum atomic E-state index is 10.8. The van der Waals surface area contributed by atoms with Gasteiger partial charge in [-0.3, -0.25) is 13.8 Å². The Morgan fingerprint density at radius 1 is 1.54 bits per heavy atom. The molecule has 0 aromatic carbocycles. The van der Waals surface area contributed by atoms with Crippen molar-refractivity contribution in [1.29, 1.82) is 0 Å². The highest BCUT2D eigenvalue weighted by Crippen LogP contribution is 1.93. The highest BCUT2D eigenvalue weighted by Gasteiger charge is 2.15. The Balaban J connectivity index is 4.02. The average Bonchev–Trinajstić information content (AvgIpc) is 1.96. The second kappa shape index (κ2) is 5.69. The van der Waals surface area contributed by atoms with Gasteiger partial charge in [-0.05, 0) is 6.42 Å². The van der Waals surface area contributed by atoms with Gasteiger partial charge in [-0.15, -0.1) is 0 Å². The number of carbonyl (C=O) groups is 2. The van der Waals surface area contributed by atoms with Crippen LogP contribution in [0.4, 0.5) is 0 Å². The molecule has 6 heteroatoms. The fourth-order valence-corrected chi connectivity index (χ4v) is 1.38. The molecule has 2 atom stereocenters. The molecule has 0 aliphatic carbocycles. The minimum absolute atomic E-state index is 0.314. The normalized spacial score (nSPS) is 14.6. The molecular weight excluding hydrogens is 192 g/mol. The summed E-state index contributed by atoms with van der Waals surface area (Å²) in [6.45, 7) is 1.30. The van der Waals surface area contributed by atoms with E-state index in [1.165, 1.54) is 13.2 Å². The number of primary amides is 1. The number of hydrogen-bond acceptors (Lipinski definition) is 3. The number of carbonyl (C=O) groups excluding carboxylic acids is 2. The molecule has 13 heavy (non-hydrogen) atoms. The van der Waals surface area contributed by atoms with Gasteiger partial charge in [0.15, 0.2) is 0 Å². The first-order chi connectivity index (χ1) is 5.93. The largest absolute Gasteiger partial charge is 0.368 e. The Hall–Kier alpha value is -0.910. The van der Waals surface area contributed by atoms with Crippen molar-refractivity contribution >= 4 is 22.6 Å². The van der Waals surface area contributed by atoms with Crippen molar-refractivity contribution < 1.29 is 13.8 Å². The Morgan fingerprint density at radius 2 is 2.08 bits per heavy atom. The molecule has 0 saturated carbocycles. The van der Waals surface area contributed by atoms with E-state index in [1.807, 2.05) is 0 Å². The SMILES string of the molecule is CC(=O)N[C@@H](CCS(C)=O)C(N)=O. The van der Waals surface area contributed by atoms with E-state index in [4.69, 9.17) is 5.73 Å². The molecule has 0 heterocycles. The van der Waals surface area contributed by atoms with E-state index >= 15 is 0 Å². The third kappa shape index (κ3) is 6.27. The summed E-state index contributed by atoms with van der Waals surface area (Å²) in [5.41, 5.74) is 5.02. The molecule has 0 aliphatic heterocycles. The molecule has 5 nitrogen and oxygen atoms in total. The topological polar surface area (TPSA) is 89.3 Å². The third-order valence-corrected chi connectivity index (χ3v) is 2.23. The van der Waals surface area contributed by atoms with Gasteiger partial charge in [0.25, 0.3) is 0 Å². The second-order valence-electron chi connectivity index (χ2n) is 2.72. The summed E-state index contributed by atoms with van der Waals surface area (Å²) in [6.07, 6.45) is 1.85. The van der Waals surface area contributed by atoms with Gasteiger partial charge in [0, 0.05) is 29.7 Å². The van der Waals surface area contributed by atoms with Crippen LogP contribution >= 0.6 is 0 Å². The summed E-state index contributed by atoms with van der Waals surface area (Å²) in [5.74, 6) is -0.556. The summed E-state index contributed by atoms with van der Waals surface area (Å²) in [5, 5.41) is 2.39. The number of rotatable bonds is 5. The predicted molar refractivity (Wildman–Crippen MR) is 50.3 cm³/mol. The van der Waals surface area contributed by atoms with Crippen molar-refractivity contribution in [2.24, 2.45) is 5.73 Å². The standard InChI is InChI=1S/C7H14N2O3S/c1-5(10)9-6(7(8)11)3-4-13(2)12/h6H,3-4H2,1-2H3,(H2,8,11)(H,9,10)/t6-,13?/m0/s1. The van der Waals surface area contributed by atoms with Crippen molar-refractivity contribution in [3.05, 3.63) is 0 Å². The van der Waals surface area contributed by atoms with Crippen LogP contribution in [-0.4, -0.2) is 34.1 Å². The lowest BCUT2D eigenvalue weighted by atomic mass is 10.2. The summed E-state index contributed by atoms with van der Waals surface area (Å²) in [7, 11) is -0.977. The first-order valence-electron chi connectivity index (χ1n) is 3.80. The molecule has 0 bridgehead atoms. The number of nitrogens with one attached hydrogen (secondary N) is 1. The maximum Gasteiger partial charge on any atom is 0.240 e. The molecule has 0 radical (unpaired) electrons. The number of hydrogen-bond donors (Lipinski definition) is 2. The summed E-state index contributed by atoms with van der Waals surface area (Å²) in [4.78, 5) is 21.4. The first-order valence-corrected chi connectivity index (χ1v) is 5.52. The summed E-state index contributed by atoms with van der Waals surface area (Å²) < 4.78 is 10.7. The zero-order valence-electron chi connectivity index (χ0n) is 7.70. The number of nitrogens with two attached hydrogens (primary N) is 1. The molecule has 0 aromatic rings. The maximum absolute atomic E-state index is 10.8. The molecule has 0 fully saturated rings. The summed E-state index contributed by atoms with van der Waals surface area (Å²) in [6, 6.07) is -0.707. The highest BCUT2D eigenvalue weighted by molar-refractivity contribution is 7.84. The lowest BCUT2D eigenvalue weighted by Gasteiger charge is -2.12. The van der Waals surface area contributed by atoms with Crippen molar-refractivity contribution in [2.75, 3.05) is 12.0 Å². The Labute approximate surface area is 79.5 Å². The molecule has 0 spiro atoms. The van der Waals surface area contributed by atoms with E-state index in [2.05, 4.69) is 5.32 Å². The quantitative estimate of drug-likeness (QED) is 0.588. The molecule has 0 aromatic heterocycles. The lowest BCUT2D eigenvalue weighted by Crippen LogP contribution is -2.44. The molecule has 0 saturated heterocycles. The number of amides is 2. The molecule has 2 amide bonds. The van der Waals surface area contributed by atoms with Crippen LogP contribution in [0, 0.1) is 0 Å². The van der Waals surface area contributed by atoms with Gasteiger partial charge in [0.1, 0.15) is 6.04 Å². The fraction of sp³-hybridized carbons (Fsp3) is 0.714. The molecular formula is C7H14N2O3S. The summed E-state index contributed by atoms with van der Waals surface area (Å²) >= 11 is 0. The molecule has 0 aliphatic rings. The first kappa shape index (κ1) is 12.1. The van der Waals surface area contributed by atoms with Crippen molar-refractivity contribution in [1.82, 2.24) is 5.32 Å². The molecule has 0 rings (SSSR count). The smallest absolute Gasteiger partial charge is 0.240 e. The second-order valence-corrected chi connectivity index (χ2v) is 4.28. The zero-order valence-corrected chi connectivity index (χ0v) is 8.52. The van der Waals surface area contributed by atoms with Crippen molar-refractivity contribution in [2.45, 2.75) is 19.4 Å². The monoisotopic (exact) mass is 206 g/mol. The van der Waals surface area contributed by atoms with Gasteiger partial charge in [-0.2, -0.15) is 0 Å². The minimum atomic E-state index is -0.977. The minimum Gasteiger partial charge on any atom is -0.368 e. The molecule has 3 N–H and O–H groups in total. The predicted octanol–water partition coefficient (Wildman–Crippen LogP) is -1.25. The highest BCUT2D eigenvalue weighted by atomic mass is 32.2. The fourth-order valence-electron chi connectivity index (χ4n) is 0.815. The van der Waals surface area contributed by atoms with E-state index < -0.39 is 22.7 Å². The van der Waals surface area contributed by atoms with Gasteiger partial charge >= 0.3 is 0 Å². The van der Waals surface area contributed by atoms with Crippen molar-refractivity contribution in [3.63, 3.8) is 0 Å². The van der Waals surface area contributed by atoms with Crippen LogP contribution in [0.3, 0.4) is 0 Å². The van der Waals surface area contributed by atoms with Crippen LogP contribution in [0.5, 0.6) is 0 Å². The van der Waals surface area contributed by atoms with E-state index in [0.29, 0.717) is 12.2 Å².